The van der Waals surface area contributed by atoms with Crippen molar-refractivity contribution in [3.8, 4) is 17.1 Å². The molecule has 4 rings (SSSR count). The third kappa shape index (κ3) is 5.19. The van der Waals surface area contributed by atoms with E-state index in [1.165, 1.54) is 25.1 Å². The zero-order chi connectivity index (χ0) is 26.9. The Morgan fingerprint density at radius 1 is 1.11 bits per heavy atom. The Hall–Kier alpha value is -4.19. The second kappa shape index (κ2) is 10.1. The van der Waals surface area contributed by atoms with E-state index in [0.717, 1.165) is 22.9 Å². The fourth-order valence-corrected chi connectivity index (χ4v) is 3.84. The van der Waals surface area contributed by atoms with E-state index in [1.807, 2.05) is 0 Å². The van der Waals surface area contributed by atoms with Gasteiger partial charge in [-0.15, -0.1) is 10.2 Å². The van der Waals surface area contributed by atoms with Gasteiger partial charge < -0.3 is 9.15 Å². The molecule has 0 atom stereocenters. The lowest BCUT2D eigenvalue weighted by Gasteiger charge is -2.15. The molecule has 0 aliphatic carbocycles. The summed E-state index contributed by atoms with van der Waals surface area (Å²) in [5, 5.41) is 7.01. The summed E-state index contributed by atoms with van der Waals surface area (Å²) in [6.45, 7) is 2.50. The highest BCUT2D eigenvalue weighted by atomic mass is 35.5. The summed E-state index contributed by atoms with van der Waals surface area (Å²) in [5.74, 6) is -0.398. The lowest BCUT2D eigenvalue weighted by molar-refractivity contribution is -0.137. The second-order valence-corrected chi connectivity index (χ2v) is 8.13. The Morgan fingerprint density at radius 3 is 2.41 bits per heavy atom. The Bertz CT molecular complexity index is 1590. The molecular weight excluding hydrogens is 517 g/mol. The van der Waals surface area contributed by atoms with E-state index in [0.29, 0.717) is 16.0 Å². The molecule has 0 aliphatic rings. The van der Waals surface area contributed by atoms with E-state index < -0.39 is 46.1 Å². The molecular formula is C24H18ClF3N4O5. The highest BCUT2D eigenvalue weighted by molar-refractivity contribution is 6.32. The number of hydrogen-bond acceptors (Lipinski definition) is 7. The molecule has 0 radical (unpaired) electrons. The van der Waals surface area contributed by atoms with Gasteiger partial charge in [-0.1, -0.05) is 23.7 Å². The average Bonchev–Trinajstić information content (AvgIpc) is 3.28. The quantitative estimate of drug-likeness (QED) is 0.340. The fourth-order valence-electron chi connectivity index (χ4n) is 3.54. The molecule has 0 amide bonds. The smallest absolute Gasteiger partial charge is 0.417 e. The van der Waals surface area contributed by atoms with Gasteiger partial charge in [-0.3, -0.25) is 13.9 Å². The summed E-state index contributed by atoms with van der Waals surface area (Å²) in [6.07, 6.45) is -3.72. The lowest BCUT2D eigenvalue weighted by Crippen LogP contribution is -2.42. The molecule has 0 unspecified atom stereocenters. The van der Waals surface area contributed by atoms with Crippen LogP contribution < -0.4 is 11.2 Å². The number of hydrogen-bond donors (Lipinski definition) is 0. The number of alkyl halides is 3. The number of halogens is 4. The molecule has 37 heavy (non-hydrogen) atoms. The fraction of sp³-hybridized carbons (Fsp3) is 0.208. The van der Waals surface area contributed by atoms with Gasteiger partial charge in [0.25, 0.3) is 5.56 Å². The first-order chi connectivity index (χ1) is 17.5. The van der Waals surface area contributed by atoms with Crippen LogP contribution in [0.3, 0.4) is 0 Å². The molecule has 0 saturated carbocycles. The molecule has 0 spiro atoms. The first-order valence-electron chi connectivity index (χ1n) is 10.8. The number of benzene rings is 2. The number of aryl methyl sites for hydroxylation is 1. The van der Waals surface area contributed by atoms with Gasteiger partial charge in [0.05, 0.1) is 29.4 Å². The summed E-state index contributed by atoms with van der Waals surface area (Å²) in [4.78, 5) is 38.9. The minimum absolute atomic E-state index is 0.0465. The molecule has 0 aliphatic heterocycles. The van der Waals surface area contributed by atoms with Crippen molar-refractivity contribution in [3.05, 3.63) is 97.1 Å². The van der Waals surface area contributed by atoms with Crippen molar-refractivity contribution in [2.45, 2.75) is 26.6 Å². The lowest BCUT2D eigenvalue weighted by atomic mass is 10.1. The zero-order valence-corrected chi connectivity index (χ0v) is 20.1. The minimum atomic E-state index is -4.75. The van der Waals surface area contributed by atoms with Crippen LogP contribution in [0.25, 0.3) is 17.1 Å². The van der Waals surface area contributed by atoms with Crippen molar-refractivity contribution in [2.75, 3.05) is 6.61 Å². The molecule has 2 heterocycles. The van der Waals surface area contributed by atoms with Crippen molar-refractivity contribution >= 4 is 17.6 Å². The van der Waals surface area contributed by atoms with Crippen LogP contribution in [-0.4, -0.2) is 31.9 Å². The largest absolute Gasteiger partial charge is 0.462 e. The summed E-state index contributed by atoms with van der Waals surface area (Å²) in [7, 11) is 0. The molecule has 0 bridgehead atoms. The highest BCUT2D eigenvalue weighted by Crippen LogP contribution is 2.36. The maximum atomic E-state index is 13.3. The maximum absolute atomic E-state index is 13.3. The maximum Gasteiger partial charge on any atom is 0.417 e. The average molecular weight is 535 g/mol. The third-order valence-electron chi connectivity index (χ3n) is 5.30. The van der Waals surface area contributed by atoms with Crippen molar-refractivity contribution in [1.29, 1.82) is 0 Å². The van der Waals surface area contributed by atoms with Gasteiger partial charge in [0, 0.05) is 18.7 Å². The monoisotopic (exact) mass is 534 g/mol. The summed E-state index contributed by atoms with van der Waals surface area (Å²) in [6, 6.07) is 9.34. The van der Waals surface area contributed by atoms with Gasteiger partial charge in [-0.2, -0.15) is 13.2 Å². The van der Waals surface area contributed by atoms with E-state index in [9.17, 15) is 27.6 Å². The molecule has 13 heteroatoms. The van der Waals surface area contributed by atoms with Crippen LogP contribution in [0.4, 0.5) is 13.2 Å². The Labute approximate surface area is 211 Å². The Balaban J connectivity index is 1.85. The number of esters is 1. The van der Waals surface area contributed by atoms with Gasteiger partial charge in [0.1, 0.15) is 5.56 Å². The SMILES string of the molecule is CCOC(=O)c1cn(-c2ccc(-c3nnc(C)o3)cc2)c(=O)n(Cc2cccc(C(F)(F)F)c2Cl)c1=O. The second-order valence-electron chi connectivity index (χ2n) is 7.76. The van der Waals surface area contributed by atoms with Gasteiger partial charge >= 0.3 is 17.8 Å². The van der Waals surface area contributed by atoms with Crippen LogP contribution in [0.2, 0.25) is 5.02 Å². The Kier molecular flexibility index (Phi) is 7.03. The molecule has 9 nitrogen and oxygen atoms in total. The van der Waals surface area contributed by atoms with Crippen molar-refractivity contribution in [3.63, 3.8) is 0 Å². The highest BCUT2D eigenvalue weighted by Gasteiger charge is 2.34. The van der Waals surface area contributed by atoms with Crippen molar-refractivity contribution < 1.29 is 27.1 Å². The van der Waals surface area contributed by atoms with Crippen LogP contribution in [-0.2, 0) is 17.5 Å². The predicted octanol–water partition coefficient (Wildman–Crippen LogP) is 4.25. The van der Waals surface area contributed by atoms with E-state index in [4.69, 9.17) is 20.8 Å². The predicted molar refractivity (Wildman–Crippen MR) is 126 cm³/mol. The summed E-state index contributed by atoms with van der Waals surface area (Å²) >= 11 is 5.98. The summed E-state index contributed by atoms with van der Waals surface area (Å²) < 4.78 is 51.9. The number of ether oxygens (including phenoxy) is 1. The molecule has 0 fully saturated rings. The van der Waals surface area contributed by atoms with Crippen LogP contribution in [0.5, 0.6) is 0 Å². The van der Waals surface area contributed by atoms with Crippen LogP contribution in [0.1, 0.15) is 34.3 Å². The number of carbonyl (C=O) groups excluding carboxylic acids is 1. The molecule has 4 aromatic rings. The van der Waals surface area contributed by atoms with E-state index >= 15 is 0 Å². The van der Waals surface area contributed by atoms with Gasteiger partial charge in [0.15, 0.2) is 0 Å². The number of aromatic nitrogens is 4. The topological polar surface area (TPSA) is 109 Å². The van der Waals surface area contributed by atoms with Crippen LogP contribution in [0, 0.1) is 6.92 Å². The normalized spacial score (nSPS) is 11.5. The van der Waals surface area contributed by atoms with Gasteiger partial charge in [-0.05, 0) is 42.8 Å². The zero-order valence-electron chi connectivity index (χ0n) is 19.4. The molecule has 2 aromatic heterocycles. The van der Waals surface area contributed by atoms with Gasteiger partial charge in [-0.25, -0.2) is 9.59 Å². The third-order valence-corrected chi connectivity index (χ3v) is 5.74. The number of carbonyl (C=O) groups is 1. The van der Waals surface area contributed by atoms with Crippen LogP contribution >= 0.6 is 11.6 Å². The first-order valence-corrected chi connectivity index (χ1v) is 11.2. The first kappa shape index (κ1) is 25.9. The summed E-state index contributed by atoms with van der Waals surface area (Å²) in [5.41, 5.74) is -2.88. The number of nitrogens with zero attached hydrogens (tertiary/aromatic N) is 4. The van der Waals surface area contributed by atoms with E-state index in [2.05, 4.69) is 10.2 Å². The molecule has 0 N–H and O–H groups in total. The van der Waals surface area contributed by atoms with Crippen molar-refractivity contribution in [1.82, 2.24) is 19.3 Å². The van der Waals surface area contributed by atoms with Crippen LogP contribution in [0.15, 0.2) is 62.7 Å². The van der Waals surface area contributed by atoms with Crippen molar-refractivity contribution in [2.24, 2.45) is 0 Å². The molecule has 192 valence electrons. The van der Waals surface area contributed by atoms with Gasteiger partial charge in [0.2, 0.25) is 11.8 Å². The Morgan fingerprint density at radius 2 is 1.81 bits per heavy atom. The van der Waals surface area contributed by atoms with E-state index in [1.54, 1.807) is 19.1 Å². The standard InChI is InChI=1S/C24H18ClF3N4O5/c1-3-36-22(34)17-12-31(16-9-7-14(8-10-16)20-30-29-13(2)37-20)23(35)32(21(17)33)11-15-5-4-6-18(19(15)25)24(26,27)28/h4-10,12H,3,11H2,1-2H3. The number of rotatable bonds is 6. The molecule has 2 aromatic carbocycles. The van der Waals surface area contributed by atoms with E-state index in [-0.39, 0.29) is 23.7 Å². The minimum Gasteiger partial charge on any atom is -0.462 e. The molecule has 0 saturated heterocycles.